The SMILES string of the molecule is CN(C)S(=O)(=O)c1ccc(CN2CCC[C@@H]2C(N)=O)o1. The minimum atomic E-state index is -3.56. The van der Waals surface area contributed by atoms with E-state index in [-0.39, 0.29) is 17.0 Å². The molecule has 112 valence electrons. The highest BCUT2D eigenvalue weighted by molar-refractivity contribution is 7.88. The van der Waals surface area contributed by atoms with E-state index in [4.69, 9.17) is 10.2 Å². The molecule has 1 aromatic heterocycles. The second kappa shape index (κ2) is 5.55. The van der Waals surface area contributed by atoms with Gasteiger partial charge >= 0.3 is 0 Å². The Balaban J connectivity index is 2.13. The highest BCUT2D eigenvalue weighted by atomic mass is 32.2. The van der Waals surface area contributed by atoms with Crippen molar-refractivity contribution >= 4 is 15.9 Å². The molecule has 2 N–H and O–H groups in total. The molecule has 0 spiro atoms. The van der Waals surface area contributed by atoms with Crippen molar-refractivity contribution in [1.82, 2.24) is 9.21 Å². The van der Waals surface area contributed by atoms with Crippen LogP contribution in [0.4, 0.5) is 0 Å². The summed E-state index contributed by atoms with van der Waals surface area (Å²) in [4.78, 5) is 13.2. The van der Waals surface area contributed by atoms with Crippen LogP contribution in [-0.4, -0.2) is 50.2 Å². The van der Waals surface area contributed by atoms with Gasteiger partial charge in [0.2, 0.25) is 11.0 Å². The molecule has 0 aliphatic carbocycles. The first-order valence-electron chi connectivity index (χ1n) is 6.37. The molecular formula is C12H19N3O4S. The van der Waals surface area contributed by atoms with Crippen LogP contribution in [-0.2, 0) is 21.4 Å². The average Bonchev–Trinajstić information content (AvgIpc) is 2.98. The van der Waals surface area contributed by atoms with Gasteiger partial charge in [0, 0.05) is 14.1 Å². The van der Waals surface area contributed by atoms with Gasteiger partial charge in [0.15, 0.2) is 0 Å². The largest absolute Gasteiger partial charge is 0.447 e. The van der Waals surface area contributed by atoms with Gasteiger partial charge in [-0.1, -0.05) is 0 Å². The smallest absolute Gasteiger partial charge is 0.275 e. The monoisotopic (exact) mass is 301 g/mol. The van der Waals surface area contributed by atoms with Gasteiger partial charge in [-0.05, 0) is 31.5 Å². The van der Waals surface area contributed by atoms with Crippen LogP contribution in [0.25, 0.3) is 0 Å². The predicted octanol–water partition coefficient (Wildman–Crippen LogP) is -0.0204. The lowest BCUT2D eigenvalue weighted by Gasteiger charge is -2.20. The normalized spacial score (nSPS) is 20.6. The van der Waals surface area contributed by atoms with Crippen molar-refractivity contribution in [3.05, 3.63) is 17.9 Å². The summed E-state index contributed by atoms with van der Waals surface area (Å²) in [6, 6.07) is 2.75. The quantitative estimate of drug-likeness (QED) is 0.824. The molecule has 1 aliphatic heterocycles. The second-order valence-corrected chi connectivity index (χ2v) is 7.12. The number of nitrogens with zero attached hydrogens (tertiary/aromatic N) is 2. The summed E-state index contributed by atoms with van der Waals surface area (Å²) >= 11 is 0. The molecule has 1 aliphatic rings. The Morgan fingerprint density at radius 3 is 2.80 bits per heavy atom. The Bertz CT molecular complexity index is 594. The number of nitrogens with two attached hydrogens (primary N) is 1. The van der Waals surface area contributed by atoms with E-state index in [0.717, 1.165) is 23.7 Å². The summed E-state index contributed by atoms with van der Waals surface area (Å²) < 4.78 is 30.3. The Hall–Kier alpha value is -1.38. The van der Waals surface area contributed by atoms with E-state index < -0.39 is 10.0 Å². The third kappa shape index (κ3) is 2.87. The van der Waals surface area contributed by atoms with Crippen molar-refractivity contribution in [2.45, 2.75) is 30.5 Å². The van der Waals surface area contributed by atoms with E-state index in [1.807, 2.05) is 4.90 Å². The summed E-state index contributed by atoms with van der Waals surface area (Å²) in [5.41, 5.74) is 5.34. The first-order chi connectivity index (χ1) is 9.32. The molecular weight excluding hydrogens is 282 g/mol. The summed E-state index contributed by atoms with van der Waals surface area (Å²) in [6.07, 6.45) is 1.63. The van der Waals surface area contributed by atoms with E-state index in [9.17, 15) is 13.2 Å². The lowest BCUT2D eigenvalue weighted by molar-refractivity contribution is -0.122. The first-order valence-corrected chi connectivity index (χ1v) is 7.81. The molecule has 1 atom stereocenters. The third-order valence-electron chi connectivity index (χ3n) is 3.42. The van der Waals surface area contributed by atoms with Crippen molar-refractivity contribution in [2.75, 3.05) is 20.6 Å². The molecule has 20 heavy (non-hydrogen) atoms. The number of carbonyl (C=O) groups excluding carboxylic acids is 1. The maximum Gasteiger partial charge on any atom is 0.275 e. The molecule has 0 aromatic carbocycles. The summed E-state index contributed by atoms with van der Waals surface area (Å²) in [7, 11) is -0.672. The number of sulfonamides is 1. The molecule has 2 heterocycles. The maximum atomic E-state index is 11.9. The lowest BCUT2D eigenvalue weighted by Crippen LogP contribution is -2.39. The van der Waals surface area contributed by atoms with Gasteiger partial charge in [-0.25, -0.2) is 12.7 Å². The summed E-state index contributed by atoms with van der Waals surface area (Å²) in [6.45, 7) is 1.14. The van der Waals surface area contributed by atoms with E-state index in [2.05, 4.69) is 0 Å². The number of furan rings is 1. The van der Waals surface area contributed by atoms with Crippen LogP contribution < -0.4 is 5.73 Å². The van der Waals surface area contributed by atoms with Crippen LogP contribution in [0.1, 0.15) is 18.6 Å². The Morgan fingerprint density at radius 1 is 1.50 bits per heavy atom. The van der Waals surface area contributed by atoms with Crippen molar-refractivity contribution < 1.29 is 17.6 Å². The molecule has 8 heteroatoms. The van der Waals surface area contributed by atoms with Gasteiger partial charge in [0.1, 0.15) is 5.76 Å². The zero-order valence-electron chi connectivity index (χ0n) is 11.6. The Kier molecular flexibility index (Phi) is 4.17. The van der Waals surface area contributed by atoms with Gasteiger partial charge in [-0.2, -0.15) is 0 Å². The zero-order valence-corrected chi connectivity index (χ0v) is 12.4. The van der Waals surface area contributed by atoms with Gasteiger partial charge in [0.05, 0.1) is 12.6 Å². The van der Waals surface area contributed by atoms with Crippen LogP contribution in [0.15, 0.2) is 21.6 Å². The average molecular weight is 301 g/mol. The standard InChI is InChI=1S/C12H19N3O4S/c1-14(2)20(17,18)11-6-5-9(19-11)8-15-7-3-4-10(15)12(13)16/h5-6,10H,3-4,7-8H2,1-2H3,(H2,13,16)/t10-/m1/s1. The van der Waals surface area contributed by atoms with E-state index in [1.165, 1.54) is 20.2 Å². The number of rotatable bonds is 5. The molecule has 1 aromatic rings. The van der Waals surface area contributed by atoms with Crippen molar-refractivity contribution in [1.29, 1.82) is 0 Å². The summed E-state index contributed by atoms with van der Waals surface area (Å²) in [5, 5.41) is -0.0904. The number of likely N-dealkylation sites (tertiary alicyclic amines) is 1. The van der Waals surface area contributed by atoms with Crippen molar-refractivity contribution in [3.63, 3.8) is 0 Å². The first kappa shape index (κ1) is 15.0. The second-order valence-electron chi connectivity index (χ2n) is 5.04. The molecule has 0 bridgehead atoms. The third-order valence-corrected chi connectivity index (χ3v) is 5.11. The van der Waals surface area contributed by atoms with Crippen LogP contribution in [0.5, 0.6) is 0 Å². The summed E-state index contributed by atoms with van der Waals surface area (Å²) in [5.74, 6) is 0.161. The van der Waals surface area contributed by atoms with Gasteiger partial charge in [0.25, 0.3) is 10.0 Å². The number of amides is 1. The van der Waals surface area contributed by atoms with Gasteiger partial charge in [-0.3, -0.25) is 9.69 Å². The van der Waals surface area contributed by atoms with E-state index >= 15 is 0 Å². The van der Waals surface area contributed by atoms with E-state index in [0.29, 0.717) is 12.3 Å². The number of primary amides is 1. The van der Waals surface area contributed by atoms with Crippen LogP contribution in [0, 0.1) is 0 Å². The highest BCUT2D eigenvalue weighted by Crippen LogP contribution is 2.22. The van der Waals surface area contributed by atoms with Crippen LogP contribution in [0.3, 0.4) is 0 Å². The minimum Gasteiger partial charge on any atom is -0.447 e. The molecule has 0 saturated carbocycles. The fourth-order valence-electron chi connectivity index (χ4n) is 2.30. The van der Waals surface area contributed by atoms with Gasteiger partial charge < -0.3 is 10.2 Å². The number of hydrogen-bond acceptors (Lipinski definition) is 5. The van der Waals surface area contributed by atoms with Crippen LogP contribution in [0.2, 0.25) is 0 Å². The number of carbonyl (C=O) groups is 1. The molecule has 1 amide bonds. The highest BCUT2D eigenvalue weighted by Gasteiger charge is 2.30. The molecule has 0 radical (unpaired) electrons. The Labute approximate surface area is 118 Å². The van der Waals surface area contributed by atoms with E-state index in [1.54, 1.807) is 6.07 Å². The number of hydrogen-bond donors (Lipinski definition) is 1. The molecule has 2 rings (SSSR count). The Morgan fingerprint density at radius 2 is 2.20 bits per heavy atom. The molecule has 0 unspecified atom stereocenters. The van der Waals surface area contributed by atoms with Crippen molar-refractivity contribution in [2.24, 2.45) is 5.73 Å². The fourth-order valence-corrected chi connectivity index (χ4v) is 3.11. The lowest BCUT2D eigenvalue weighted by atomic mass is 10.2. The van der Waals surface area contributed by atoms with Gasteiger partial charge in [-0.15, -0.1) is 0 Å². The molecule has 1 saturated heterocycles. The van der Waals surface area contributed by atoms with Crippen LogP contribution >= 0.6 is 0 Å². The fraction of sp³-hybridized carbons (Fsp3) is 0.583. The zero-order chi connectivity index (χ0) is 14.9. The van der Waals surface area contributed by atoms with Crippen molar-refractivity contribution in [3.8, 4) is 0 Å². The molecule has 7 nitrogen and oxygen atoms in total. The minimum absolute atomic E-state index is 0.0904. The predicted molar refractivity (Wildman–Crippen MR) is 72.2 cm³/mol. The topological polar surface area (TPSA) is 96.9 Å². The molecule has 1 fully saturated rings. The maximum absolute atomic E-state index is 11.9.